The summed E-state index contributed by atoms with van der Waals surface area (Å²) in [6.07, 6.45) is 0. The molecule has 28 heavy (non-hydrogen) atoms. The molecule has 0 unspecified atom stereocenters. The van der Waals surface area contributed by atoms with Gasteiger partial charge in [0.05, 0.1) is 19.3 Å². The second-order valence-corrected chi connectivity index (χ2v) is 6.40. The molecular formula is C21H25N3O4. The lowest BCUT2D eigenvalue weighted by Crippen LogP contribution is -2.50. The predicted octanol–water partition coefficient (Wildman–Crippen LogP) is 3.23. The normalized spacial score (nSPS) is 13.8. The summed E-state index contributed by atoms with van der Waals surface area (Å²) >= 11 is 0. The van der Waals surface area contributed by atoms with Gasteiger partial charge >= 0.3 is 12.0 Å². The number of ether oxygens (including phenoxy) is 2. The van der Waals surface area contributed by atoms with Gasteiger partial charge in [0.15, 0.2) is 0 Å². The van der Waals surface area contributed by atoms with Crippen molar-refractivity contribution >= 4 is 23.4 Å². The predicted molar refractivity (Wildman–Crippen MR) is 108 cm³/mol. The average molecular weight is 383 g/mol. The maximum absolute atomic E-state index is 12.5. The zero-order valence-electron chi connectivity index (χ0n) is 16.2. The Labute approximate surface area is 164 Å². The largest absolute Gasteiger partial charge is 0.494 e. The van der Waals surface area contributed by atoms with Gasteiger partial charge in [0.1, 0.15) is 5.75 Å². The molecule has 0 bridgehead atoms. The van der Waals surface area contributed by atoms with Crippen LogP contribution < -0.4 is 15.0 Å². The summed E-state index contributed by atoms with van der Waals surface area (Å²) in [7, 11) is 1.34. The number of urea groups is 1. The number of amides is 2. The maximum atomic E-state index is 12.5. The van der Waals surface area contributed by atoms with Crippen LogP contribution in [0, 0.1) is 0 Å². The molecule has 1 saturated heterocycles. The number of benzene rings is 2. The van der Waals surface area contributed by atoms with Crippen molar-refractivity contribution in [3.8, 4) is 5.75 Å². The number of hydrogen-bond donors (Lipinski definition) is 1. The van der Waals surface area contributed by atoms with Gasteiger partial charge in [-0.15, -0.1) is 0 Å². The van der Waals surface area contributed by atoms with Crippen LogP contribution in [0.15, 0.2) is 48.5 Å². The first-order valence-electron chi connectivity index (χ1n) is 9.33. The lowest BCUT2D eigenvalue weighted by atomic mass is 10.2. The van der Waals surface area contributed by atoms with E-state index in [2.05, 4.69) is 15.0 Å². The van der Waals surface area contributed by atoms with E-state index in [0.717, 1.165) is 24.5 Å². The van der Waals surface area contributed by atoms with Crippen LogP contribution in [0.3, 0.4) is 0 Å². The van der Waals surface area contributed by atoms with Crippen LogP contribution in [0.4, 0.5) is 16.2 Å². The zero-order chi connectivity index (χ0) is 19.9. The smallest absolute Gasteiger partial charge is 0.337 e. The van der Waals surface area contributed by atoms with E-state index in [1.165, 1.54) is 7.11 Å². The molecule has 0 saturated carbocycles. The number of rotatable bonds is 5. The number of carbonyl (C=O) groups is 2. The quantitative estimate of drug-likeness (QED) is 0.803. The van der Waals surface area contributed by atoms with Gasteiger partial charge in [0.25, 0.3) is 0 Å². The molecule has 0 spiro atoms. The number of esters is 1. The highest BCUT2D eigenvalue weighted by molar-refractivity contribution is 5.92. The minimum atomic E-state index is -0.400. The molecule has 0 radical (unpaired) electrons. The van der Waals surface area contributed by atoms with Crippen molar-refractivity contribution in [2.75, 3.05) is 50.1 Å². The van der Waals surface area contributed by atoms with Crippen LogP contribution in [0.25, 0.3) is 0 Å². The van der Waals surface area contributed by atoms with Crippen LogP contribution in [-0.2, 0) is 4.74 Å². The second kappa shape index (κ2) is 9.12. The Balaban J connectivity index is 1.51. The van der Waals surface area contributed by atoms with Crippen molar-refractivity contribution in [3.63, 3.8) is 0 Å². The van der Waals surface area contributed by atoms with Crippen LogP contribution in [0.5, 0.6) is 5.75 Å². The third-order valence-electron chi connectivity index (χ3n) is 4.64. The number of carbonyl (C=O) groups excluding carboxylic acids is 2. The van der Waals surface area contributed by atoms with Crippen LogP contribution in [0.1, 0.15) is 17.3 Å². The summed E-state index contributed by atoms with van der Waals surface area (Å²) in [6.45, 7) is 5.42. The molecule has 7 heteroatoms. The third-order valence-corrected chi connectivity index (χ3v) is 4.64. The summed E-state index contributed by atoms with van der Waals surface area (Å²) < 4.78 is 10.1. The Morgan fingerprint density at radius 2 is 1.61 bits per heavy atom. The van der Waals surface area contributed by atoms with Crippen LogP contribution >= 0.6 is 0 Å². The number of nitrogens with one attached hydrogen (secondary N) is 1. The van der Waals surface area contributed by atoms with Crippen molar-refractivity contribution in [2.45, 2.75) is 6.92 Å². The van der Waals surface area contributed by atoms with Gasteiger partial charge in [-0.25, -0.2) is 9.59 Å². The van der Waals surface area contributed by atoms with Crippen molar-refractivity contribution in [1.82, 2.24) is 4.90 Å². The monoisotopic (exact) mass is 383 g/mol. The Bertz CT molecular complexity index is 797. The van der Waals surface area contributed by atoms with E-state index >= 15 is 0 Å². The molecule has 1 aliphatic heterocycles. The molecule has 0 atom stereocenters. The summed E-state index contributed by atoms with van der Waals surface area (Å²) in [5, 5.41) is 2.87. The lowest BCUT2D eigenvalue weighted by molar-refractivity contribution is 0.0600. The SMILES string of the molecule is CCOc1ccc(N2CCN(C(=O)Nc3ccc(C(=O)OC)cc3)CC2)cc1. The fraction of sp³-hybridized carbons (Fsp3) is 0.333. The van der Waals surface area contributed by atoms with Gasteiger partial charge in [0, 0.05) is 37.6 Å². The lowest BCUT2D eigenvalue weighted by Gasteiger charge is -2.36. The first kappa shape index (κ1) is 19.5. The van der Waals surface area contributed by atoms with Gasteiger partial charge in [-0.2, -0.15) is 0 Å². The third kappa shape index (κ3) is 4.73. The topological polar surface area (TPSA) is 71.1 Å². The van der Waals surface area contributed by atoms with E-state index in [0.29, 0.717) is 30.9 Å². The Morgan fingerprint density at radius 1 is 0.964 bits per heavy atom. The highest BCUT2D eigenvalue weighted by atomic mass is 16.5. The molecule has 1 aliphatic rings. The highest BCUT2D eigenvalue weighted by Crippen LogP contribution is 2.21. The van der Waals surface area contributed by atoms with Crippen molar-refractivity contribution in [2.24, 2.45) is 0 Å². The molecule has 1 N–H and O–H groups in total. The van der Waals surface area contributed by atoms with Gasteiger partial charge in [0.2, 0.25) is 0 Å². The number of nitrogens with zero attached hydrogens (tertiary/aromatic N) is 2. The fourth-order valence-electron chi connectivity index (χ4n) is 3.10. The molecule has 2 aromatic carbocycles. The molecule has 3 rings (SSSR count). The molecule has 2 aromatic rings. The Morgan fingerprint density at radius 3 is 2.18 bits per heavy atom. The standard InChI is InChI=1S/C21H25N3O4/c1-3-28-19-10-8-18(9-11-19)23-12-14-24(15-13-23)21(26)22-17-6-4-16(5-7-17)20(25)27-2/h4-11H,3,12-15H2,1-2H3,(H,22,26). The van der Waals surface area contributed by atoms with E-state index < -0.39 is 5.97 Å². The second-order valence-electron chi connectivity index (χ2n) is 6.40. The first-order chi connectivity index (χ1) is 13.6. The van der Waals surface area contributed by atoms with E-state index in [9.17, 15) is 9.59 Å². The average Bonchev–Trinajstić information content (AvgIpc) is 2.74. The number of hydrogen-bond acceptors (Lipinski definition) is 5. The minimum Gasteiger partial charge on any atom is -0.494 e. The molecule has 1 fully saturated rings. The fourth-order valence-corrected chi connectivity index (χ4v) is 3.10. The van der Waals surface area contributed by atoms with Gasteiger partial charge in [-0.05, 0) is 55.5 Å². The van der Waals surface area contributed by atoms with Gasteiger partial charge in [-0.3, -0.25) is 0 Å². The molecule has 0 aromatic heterocycles. The number of methoxy groups -OCH3 is 1. The first-order valence-corrected chi connectivity index (χ1v) is 9.33. The van der Waals surface area contributed by atoms with Crippen LogP contribution in [0.2, 0.25) is 0 Å². The van der Waals surface area contributed by atoms with E-state index in [1.807, 2.05) is 31.2 Å². The molecule has 148 valence electrons. The summed E-state index contributed by atoms with van der Waals surface area (Å²) in [6, 6.07) is 14.5. The minimum absolute atomic E-state index is 0.142. The molecule has 1 heterocycles. The Kier molecular flexibility index (Phi) is 6.37. The molecular weight excluding hydrogens is 358 g/mol. The molecule has 2 amide bonds. The Hall–Kier alpha value is -3.22. The van der Waals surface area contributed by atoms with E-state index in [4.69, 9.17) is 4.74 Å². The summed E-state index contributed by atoms with van der Waals surface area (Å²) in [5.41, 5.74) is 2.22. The molecule has 0 aliphatic carbocycles. The van der Waals surface area contributed by atoms with Crippen molar-refractivity contribution in [3.05, 3.63) is 54.1 Å². The van der Waals surface area contributed by atoms with Crippen molar-refractivity contribution in [1.29, 1.82) is 0 Å². The summed E-state index contributed by atoms with van der Waals surface area (Å²) in [5.74, 6) is 0.464. The van der Waals surface area contributed by atoms with E-state index in [1.54, 1.807) is 29.2 Å². The summed E-state index contributed by atoms with van der Waals surface area (Å²) in [4.78, 5) is 28.0. The maximum Gasteiger partial charge on any atom is 0.337 e. The van der Waals surface area contributed by atoms with Gasteiger partial charge < -0.3 is 24.6 Å². The highest BCUT2D eigenvalue weighted by Gasteiger charge is 2.21. The zero-order valence-corrected chi connectivity index (χ0v) is 16.2. The van der Waals surface area contributed by atoms with Crippen molar-refractivity contribution < 1.29 is 19.1 Å². The molecule has 7 nitrogen and oxygen atoms in total. The number of piperazine rings is 1. The van der Waals surface area contributed by atoms with Gasteiger partial charge in [-0.1, -0.05) is 0 Å². The van der Waals surface area contributed by atoms with Crippen LogP contribution in [-0.4, -0.2) is 56.8 Å². The number of anilines is 2. The van der Waals surface area contributed by atoms with E-state index in [-0.39, 0.29) is 6.03 Å².